The summed E-state index contributed by atoms with van der Waals surface area (Å²) >= 11 is 6.06. The van der Waals surface area contributed by atoms with E-state index >= 15 is 0 Å². The van der Waals surface area contributed by atoms with Crippen molar-refractivity contribution in [2.45, 2.75) is 26.5 Å². The maximum absolute atomic E-state index is 13.7. The molecule has 3 N–H and O–H groups in total. The number of nitrogens with one attached hydrogen (secondary N) is 3. The van der Waals surface area contributed by atoms with E-state index in [9.17, 15) is 9.59 Å². The van der Waals surface area contributed by atoms with Gasteiger partial charge in [0, 0.05) is 47.2 Å². The molecule has 0 spiro atoms. The van der Waals surface area contributed by atoms with Gasteiger partial charge in [0.15, 0.2) is 5.78 Å². The zero-order chi connectivity index (χ0) is 29.8. The van der Waals surface area contributed by atoms with Crippen LogP contribution in [-0.2, 0) is 19.6 Å². The van der Waals surface area contributed by atoms with Crippen molar-refractivity contribution in [3.63, 3.8) is 0 Å². The Morgan fingerprint density at radius 2 is 1.77 bits per heavy atom. The first-order chi connectivity index (χ1) is 20.9. The number of anilines is 4. The second-order valence-electron chi connectivity index (χ2n) is 10.4. The Morgan fingerprint density at radius 3 is 2.60 bits per heavy atom. The average Bonchev–Trinajstić information content (AvgIpc) is 3.16. The summed E-state index contributed by atoms with van der Waals surface area (Å²) in [6.07, 6.45) is 1.78. The zero-order valence-corrected chi connectivity index (χ0v) is 24.2. The molecule has 0 unspecified atom stereocenters. The van der Waals surface area contributed by atoms with Gasteiger partial charge < -0.3 is 20.7 Å². The maximum atomic E-state index is 13.7. The van der Waals surface area contributed by atoms with Gasteiger partial charge in [0.25, 0.3) is 5.91 Å². The Kier molecular flexibility index (Phi) is 8.07. The molecule has 1 aliphatic rings. The third kappa shape index (κ3) is 6.52. The monoisotopic (exact) mass is 588 g/mol. The molecule has 4 aromatic carbocycles. The molecule has 0 saturated heterocycles. The Bertz CT molecular complexity index is 1820. The molecule has 1 amide bonds. The summed E-state index contributed by atoms with van der Waals surface area (Å²) in [5.74, 6) is 0.834. The van der Waals surface area contributed by atoms with E-state index in [2.05, 4.69) is 20.9 Å². The Labute approximate surface area is 254 Å². The van der Waals surface area contributed by atoms with Gasteiger partial charge in [-0.1, -0.05) is 60.1 Å². The number of rotatable bonds is 8. The van der Waals surface area contributed by atoms with Gasteiger partial charge in [0.2, 0.25) is 0 Å². The minimum absolute atomic E-state index is 0.109. The molecule has 0 saturated carbocycles. The molecule has 0 fully saturated rings. The number of carbonyl (C=O) groups is 2. The zero-order valence-electron chi connectivity index (χ0n) is 23.5. The fraction of sp³-hybridized carbons (Fsp3) is 0.114. The fourth-order valence-corrected chi connectivity index (χ4v) is 5.19. The SMILES string of the molecule is Cc1ccc(OCc2ccccc2)cc1Nc1ccnc2c1C(=O)Cc1cc(C(=O)NCc3cccc(Cl)c3)ccc1N2. The van der Waals surface area contributed by atoms with Gasteiger partial charge in [-0.05, 0) is 71.6 Å². The summed E-state index contributed by atoms with van der Waals surface area (Å²) in [6, 6.07) is 30.3. The number of carbonyl (C=O) groups excluding carboxylic acids is 2. The number of Topliss-reactive ketones (excluding diaryl/α,β-unsaturated/α-hetero) is 1. The molecule has 1 aromatic heterocycles. The normalized spacial score (nSPS) is 11.9. The molecule has 214 valence electrons. The summed E-state index contributed by atoms with van der Waals surface area (Å²) in [4.78, 5) is 31.1. The predicted molar refractivity (Wildman–Crippen MR) is 170 cm³/mol. The molecule has 1 aliphatic heterocycles. The van der Waals surface area contributed by atoms with Crippen molar-refractivity contribution in [1.82, 2.24) is 10.3 Å². The minimum Gasteiger partial charge on any atom is -0.489 e. The van der Waals surface area contributed by atoms with Gasteiger partial charge >= 0.3 is 0 Å². The first kappa shape index (κ1) is 28.0. The molecular formula is C35H29ClN4O3. The van der Waals surface area contributed by atoms with Gasteiger partial charge in [0.1, 0.15) is 18.2 Å². The van der Waals surface area contributed by atoms with Crippen LogP contribution >= 0.6 is 11.6 Å². The second kappa shape index (κ2) is 12.4. The first-order valence-corrected chi connectivity index (χ1v) is 14.3. The summed E-state index contributed by atoms with van der Waals surface area (Å²) in [5.41, 5.74) is 6.82. The number of hydrogen-bond acceptors (Lipinski definition) is 6. The van der Waals surface area contributed by atoms with Crippen molar-refractivity contribution >= 4 is 46.2 Å². The van der Waals surface area contributed by atoms with E-state index < -0.39 is 0 Å². The largest absolute Gasteiger partial charge is 0.489 e. The van der Waals surface area contributed by atoms with Crippen LogP contribution in [0.1, 0.15) is 43.0 Å². The number of pyridine rings is 1. The average molecular weight is 589 g/mol. The van der Waals surface area contributed by atoms with Crippen molar-refractivity contribution in [1.29, 1.82) is 0 Å². The molecule has 0 radical (unpaired) electrons. The molecule has 6 rings (SSSR count). The lowest BCUT2D eigenvalue weighted by atomic mass is 10.0. The van der Waals surface area contributed by atoms with Gasteiger partial charge in [-0.25, -0.2) is 4.98 Å². The van der Waals surface area contributed by atoms with Gasteiger partial charge in [-0.15, -0.1) is 0 Å². The van der Waals surface area contributed by atoms with Gasteiger partial charge in [-0.3, -0.25) is 9.59 Å². The number of nitrogens with zero attached hydrogens (tertiary/aromatic N) is 1. The Hall–Kier alpha value is -5.14. The molecular weight excluding hydrogens is 560 g/mol. The number of hydrogen-bond donors (Lipinski definition) is 3. The quantitative estimate of drug-likeness (QED) is 0.171. The number of benzene rings is 4. The van der Waals surface area contributed by atoms with Crippen molar-refractivity contribution < 1.29 is 14.3 Å². The van der Waals surface area contributed by atoms with Crippen molar-refractivity contribution in [3.05, 3.63) is 142 Å². The summed E-state index contributed by atoms with van der Waals surface area (Å²) < 4.78 is 6.03. The standard InChI is InChI=1S/C35H29ClN4O3/c1-22-10-12-28(43-21-23-6-3-2-4-7-23)19-31(22)39-30-14-15-37-34-33(30)32(41)18-26-17-25(11-13-29(26)40-34)35(42)38-20-24-8-5-9-27(36)16-24/h2-17,19H,18,20-21H2,1H3,(H,38,42)(H2,37,39,40). The predicted octanol–water partition coefficient (Wildman–Crippen LogP) is 7.78. The van der Waals surface area contributed by atoms with Crippen LogP contribution in [0.25, 0.3) is 0 Å². The number of fused-ring (bicyclic) bond motifs is 2. The van der Waals surface area contributed by atoms with E-state index in [1.165, 1.54) is 0 Å². The van der Waals surface area contributed by atoms with Crippen LogP contribution in [0.2, 0.25) is 5.02 Å². The number of aryl methyl sites for hydroxylation is 1. The van der Waals surface area contributed by atoms with Crippen LogP contribution < -0.4 is 20.7 Å². The number of ether oxygens (including phenoxy) is 1. The highest BCUT2D eigenvalue weighted by Crippen LogP contribution is 2.35. The van der Waals surface area contributed by atoms with Crippen LogP contribution in [0.4, 0.5) is 22.9 Å². The van der Waals surface area contributed by atoms with E-state index in [1.807, 2.05) is 79.7 Å². The smallest absolute Gasteiger partial charge is 0.251 e. The number of ketones is 1. The maximum Gasteiger partial charge on any atom is 0.251 e. The van der Waals surface area contributed by atoms with E-state index in [-0.39, 0.29) is 18.1 Å². The second-order valence-corrected chi connectivity index (χ2v) is 10.8. The molecule has 8 heteroatoms. The molecule has 0 atom stereocenters. The molecule has 0 aliphatic carbocycles. The van der Waals surface area contributed by atoms with Crippen molar-refractivity contribution in [2.75, 3.05) is 10.6 Å². The molecule has 0 bridgehead atoms. The summed E-state index contributed by atoms with van der Waals surface area (Å²) in [5, 5.41) is 10.3. The van der Waals surface area contributed by atoms with E-state index in [0.717, 1.165) is 39.4 Å². The highest BCUT2D eigenvalue weighted by Gasteiger charge is 2.25. The summed E-state index contributed by atoms with van der Waals surface area (Å²) in [6.45, 7) is 2.79. The minimum atomic E-state index is -0.234. The Morgan fingerprint density at radius 1 is 0.930 bits per heavy atom. The highest BCUT2D eigenvalue weighted by molar-refractivity contribution is 6.30. The van der Waals surface area contributed by atoms with Crippen LogP contribution in [0.5, 0.6) is 5.75 Å². The third-order valence-corrected chi connectivity index (χ3v) is 7.51. The highest BCUT2D eigenvalue weighted by atomic mass is 35.5. The number of halogens is 1. The van der Waals surface area contributed by atoms with E-state index in [4.69, 9.17) is 16.3 Å². The lowest BCUT2D eigenvalue weighted by Gasteiger charge is -2.16. The number of amides is 1. The molecule has 2 heterocycles. The number of aromatic nitrogens is 1. The topological polar surface area (TPSA) is 92.3 Å². The molecule has 7 nitrogen and oxygen atoms in total. The van der Waals surface area contributed by atoms with Crippen LogP contribution in [0.15, 0.2) is 103 Å². The lowest BCUT2D eigenvalue weighted by Crippen LogP contribution is -2.23. The van der Waals surface area contributed by atoms with Crippen molar-refractivity contribution in [3.8, 4) is 5.75 Å². The Balaban J connectivity index is 1.19. The van der Waals surface area contributed by atoms with E-state index in [1.54, 1.807) is 30.5 Å². The lowest BCUT2D eigenvalue weighted by molar-refractivity contribution is 0.0948. The van der Waals surface area contributed by atoms with Crippen LogP contribution in [0, 0.1) is 6.92 Å². The van der Waals surface area contributed by atoms with Crippen molar-refractivity contribution in [2.24, 2.45) is 0 Å². The first-order valence-electron chi connectivity index (χ1n) is 13.9. The van der Waals surface area contributed by atoms with Crippen LogP contribution in [-0.4, -0.2) is 16.7 Å². The third-order valence-electron chi connectivity index (χ3n) is 7.27. The van der Waals surface area contributed by atoms with Gasteiger partial charge in [0.05, 0.1) is 11.3 Å². The molecule has 43 heavy (non-hydrogen) atoms. The van der Waals surface area contributed by atoms with Gasteiger partial charge in [-0.2, -0.15) is 0 Å². The van der Waals surface area contributed by atoms with E-state index in [0.29, 0.717) is 40.8 Å². The summed E-state index contributed by atoms with van der Waals surface area (Å²) in [7, 11) is 0. The van der Waals surface area contributed by atoms with Crippen LogP contribution in [0.3, 0.4) is 0 Å². The molecule has 5 aromatic rings. The fourth-order valence-electron chi connectivity index (χ4n) is 4.98.